The molecule has 0 atom stereocenters. The average molecular weight is 269 g/mol. The van der Waals surface area contributed by atoms with Crippen molar-refractivity contribution in [3.05, 3.63) is 47.8 Å². The van der Waals surface area contributed by atoms with Gasteiger partial charge >= 0.3 is 0 Å². The van der Waals surface area contributed by atoms with Gasteiger partial charge in [-0.2, -0.15) is 5.10 Å². The van der Waals surface area contributed by atoms with Gasteiger partial charge in [0.1, 0.15) is 0 Å². The summed E-state index contributed by atoms with van der Waals surface area (Å²) in [6.45, 7) is 6.43. The Morgan fingerprint density at radius 2 is 1.90 bits per heavy atom. The largest absolute Gasteiger partial charge is 0.380 e. The summed E-state index contributed by atoms with van der Waals surface area (Å²) in [6, 6.07) is 9.98. The number of hydrogen-bond acceptors (Lipinski definition) is 2. The molecule has 0 radical (unpaired) electrons. The SMILES string of the molecule is Cc1ccc(C2CC(Nc3cnn(C(C)C)c3)C2)cc1. The summed E-state index contributed by atoms with van der Waals surface area (Å²) in [4.78, 5) is 0. The Bertz CT molecular complexity index is 562. The Kier molecular flexibility index (Phi) is 3.51. The molecule has 1 aliphatic rings. The normalized spacial score (nSPS) is 21.8. The van der Waals surface area contributed by atoms with Gasteiger partial charge in [0.05, 0.1) is 11.9 Å². The molecule has 1 N–H and O–H groups in total. The molecule has 2 aromatic rings. The number of nitrogens with one attached hydrogen (secondary N) is 1. The number of aryl methyl sites for hydroxylation is 1. The van der Waals surface area contributed by atoms with Crippen LogP contribution in [0.2, 0.25) is 0 Å². The maximum Gasteiger partial charge on any atom is 0.0728 e. The molecule has 1 aliphatic carbocycles. The maximum absolute atomic E-state index is 4.37. The van der Waals surface area contributed by atoms with E-state index in [4.69, 9.17) is 0 Å². The molecule has 3 rings (SSSR count). The van der Waals surface area contributed by atoms with Gasteiger partial charge in [-0.1, -0.05) is 29.8 Å². The van der Waals surface area contributed by atoms with Gasteiger partial charge in [0.15, 0.2) is 0 Å². The number of rotatable bonds is 4. The third kappa shape index (κ3) is 2.72. The first-order valence-electron chi connectivity index (χ1n) is 7.49. The van der Waals surface area contributed by atoms with Gasteiger partial charge < -0.3 is 5.32 Å². The number of anilines is 1. The van der Waals surface area contributed by atoms with Crippen LogP contribution in [-0.4, -0.2) is 15.8 Å². The fraction of sp³-hybridized carbons (Fsp3) is 0.471. The lowest BCUT2D eigenvalue weighted by Gasteiger charge is -2.36. The minimum absolute atomic E-state index is 0.423. The lowest BCUT2D eigenvalue weighted by molar-refractivity contribution is 0.374. The molecule has 106 valence electrons. The summed E-state index contributed by atoms with van der Waals surface area (Å²) in [7, 11) is 0. The van der Waals surface area contributed by atoms with Gasteiger partial charge in [0.2, 0.25) is 0 Å². The Balaban J connectivity index is 1.54. The van der Waals surface area contributed by atoms with Crippen molar-refractivity contribution >= 4 is 5.69 Å². The smallest absolute Gasteiger partial charge is 0.0728 e. The van der Waals surface area contributed by atoms with Crippen LogP contribution >= 0.6 is 0 Å². The standard InChI is InChI=1S/C17H23N3/c1-12(2)20-11-17(10-18-20)19-16-8-15(9-16)14-6-4-13(3)5-7-14/h4-7,10-12,15-16,19H,8-9H2,1-3H3. The highest BCUT2D eigenvalue weighted by Gasteiger charge is 2.30. The molecule has 0 saturated heterocycles. The van der Waals surface area contributed by atoms with Crippen LogP contribution in [0.1, 0.15) is 49.8 Å². The number of aromatic nitrogens is 2. The van der Waals surface area contributed by atoms with Gasteiger partial charge in [0.25, 0.3) is 0 Å². The topological polar surface area (TPSA) is 29.9 Å². The van der Waals surface area contributed by atoms with Gasteiger partial charge in [-0.3, -0.25) is 4.68 Å². The summed E-state index contributed by atoms with van der Waals surface area (Å²) in [5, 5.41) is 7.95. The number of nitrogens with zero attached hydrogens (tertiary/aromatic N) is 2. The first kappa shape index (κ1) is 13.2. The van der Waals surface area contributed by atoms with E-state index in [1.54, 1.807) is 0 Å². The van der Waals surface area contributed by atoms with Crippen molar-refractivity contribution in [2.75, 3.05) is 5.32 Å². The molecule has 20 heavy (non-hydrogen) atoms. The van der Waals surface area contributed by atoms with E-state index in [1.807, 2.05) is 10.9 Å². The van der Waals surface area contributed by atoms with E-state index in [0.29, 0.717) is 18.0 Å². The Morgan fingerprint density at radius 3 is 2.50 bits per heavy atom. The van der Waals surface area contributed by atoms with E-state index >= 15 is 0 Å². The molecular formula is C17H23N3. The number of benzene rings is 1. The van der Waals surface area contributed by atoms with Crippen LogP contribution in [0, 0.1) is 6.92 Å². The van der Waals surface area contributed by atoms with Gasteiger partial charge in [-0.15, -0.1) is 0 Å². The quantitative estimate of drug-likeness (QED) is 0.904. The van der Waals surface area contributed by atoms with E-state index in [2.05, 4.69) is 61.6 Å². The summed E-state index contributed by atoms with van der Waals surface area (Å²) >= 11 is 0. The fourth-order valence-electron chi connectivity index (χ4n) is 2.78. The van der Waals surface area contributed by atoms with E-state index in [-0.39, 0.29) is 0 Å². The predicted molar refractivity (Wildman–Crippen MR) is 83.2 cm³/mol. The molecule has 1 saturated carbocycles. The van der Waals surface area contributed by atoms with Gasteiger partial charge in [-0.25, -0.2) is 0 Å². The molecule has 0 aliphatic heterocycles. The zero-order chi connectivity index (χ0) is 14.1. The third-order valence-corrected chi connectivity index (χ3v) is 4.19. The lowest BCUT2D eigenvalue weighted by atomic mass is 9.75. The molecular weight excluding hydrogens is 246 g/mol. The summed E-state index contributed by atoms with van der Waals surface area (Å²) in [5.41, 5.74) is 3.96. The fourth-order valence-corrected chi connectivity index (χ4v) is 2.78. The van der Waals surface area contributed by atoms with Crippen LogP contribution in [0.25, 0.3) is 0 Å². The Hall–Kier alpha value is -1.77. The van der Waals surface area contributed by atoms with Gasteiger partial charge in [0, 0.05) is 18.3 Å². The molecule has 1 heterocycles. The first-order chi connectivity index (χ1) is 9.61. The second kappa shape index (κ2) is 5.31. The molecule has 1 fully saturated rings. The lowest BCUT2D eigenvalue weighted by Crippen LogP contribution is -2.33. The maximum atomic E-state index is 4.37. The molecule has 0 amide bonds. The molecule has 3 heteroatoms. The van der Waals surface area contributed by atoms with Crippen molar-refractivity contribution in [3.63, 3.8) is 0 Å². The van der Waals surface area contributed by atoms with Crippen LogP contribution in [0.15, 0.2) is 36.7 Å². The Labute approximate surface area is 121 Å². The van der Waals surface area contributed by atoms with Crippen molar-refractivity contribution in [2.24, 2.45) is 0 Å². The van der Waals surface area contributed by atoms with Crippen molar-refractivity contribution in [1.82, 2.24) is 9.78 Å². The monoisotopic (exact) mass is 269 g/mol. The van der Waals surface area contributed by atoms with Gasteiger partial charge in [-0.05, 0) is 45.1 Å². The van der Waals surface area contributed by atoms with Crippen LogP contribution in [0.3, 0.4) is 0 Å². The summed E-state index contributed by atoms with van der Waals surface area (Å²) < 4.78 is 2.00. The van der Waals surface area contributed by atoms with Crippen molar-refractivity contribution in [2.45, 2.75) is 51.6 Å². The summed E-state index contributed by atoms with van der Waals surface area (Å²) in [6.07, 6.45) is 6.47. The van der Waals surface area contributed by atoms with E-state index in [0.717, 1.165) is 5.69 Å². The highest BCUT2D eigenvalue weighted by atomic mass is 15.3. The van der Waals surface area contributed by atoms with Crippen LogP contribution in [0.4, 0.5) is 5.69 Å². The van der Waals surface area contributed by atoms with E-state index in [9.17, 15) is 0 Å². The minimum Gasteiger partial charge on any atom is -0.380 e. The highest BCUT2D eigenvalue weighted by molar-refractivity contribution is 5.41. The second-order valence-electron chi connectivity index (χ2n) is 6.22. The van der Waals surface area contributed by atoms with Crippen molar-refractivity contribution in [3.8, 4) is 0 Å². The third-order valence-electron chi connectivity index (χ3n) is 4.19. The van der Waals surface area contributed by atoms with Crippen LogP contribution < -0.4 is 5.32 Å². The van der Waals surface area contributed by atoms with E-state index in [1.165, 1.54) is 24.0 Å². The average Bonchev–Trinajstić information content (AvgIpc) is 2.83. The van der Waals surface area contributed by atoms with Crippen molar-refractivity contribution < 1.29 is 0 Å². The van der Waals surface area contributed by atoms with Crippen LogP contribution in [-0.2, 0) is 0 Å². The minimum atomic E-state index is 0.423. The molecule has 3 nitrogen and oxygen atoms in total. The first-order valence-corrected chi connectivity index (χ1v) is 7.49. The molecule has 1 aromatic heterocycles. The van der Waals surface area contributed by atoms with E-state index < -0.39 is 0 Å². The highest BCUT2D eigenvalue weighted by Crippen LogP contribution is 2.38. The number of hydrogen-bond donors (Lipinski definition) is 1. The zero-order valence-electron chi connectivity index (χ0n) is 12.5. The van der Waals surface area contributed by atoms with Crippen LogP contribution in [0.5, 0.6) is 0 Å². The second-order valence-corrected chi connectivity index (χ2v) is 6.22. The Morgan fingerprint density at radius 1 is 1.20 bits per heavy atom. The van der Waals surface area contributed by atoms with Crippen molar-refractivity contribution in [1.29, 1.82) is 0 Å². The molecule has 0 unspecified atom stereocenters. The predicted octanol–water partition coefficient (Wildman–Crippen LogP) is 4.13. The molecule has 1 aromatic carbocycles. The zero-order valence-corrected chi connectivity index (χ0v) is 12.5. The molecule has 0 bridgehead atoms. The molecule has 0 spiro atoms. The summed E-state index contributed by atoms with van der Waals surface area (Å²) in [5.74, 6) is 0.716.